The lowest BCUT2D eigenvalue weighted by Crippen LogP contribution is -2.41. The molecule has 0 aromatic heterocycles. The Morgan fingerprint density at radius 2 is 2.00 bits per heavy atom. The fraction of sp³-hybridized carbons (Fsp3) is 0.308. The molecule has 0 saturated carbocycles. The third kappa shape index (κ3) is 2.81. The highest BCUT2D eigenvalue weighted by Crippen LogP contribution is 2.25. The van der Waals surface area contributed by atoms with Crippen LogP contribution in [-0.4, -0.2) is 49.4 Å². The monoisotopic (exact) mass is 296 g/mol. The molecule has 1 heterocycles. The van der Waals surface area contributed by atoms with Crippen LogP contribution in [0.3, 0.4) is 0 Å². The van der Waals surface area contributed by atoms with Gasteiger partial charge in [0, 0.05) is 18.7 Å². The van der Waals surface area contributed by atoms with E-state index >= 15 is 0 Å². The normalized spacial score (nSPS) is 13.6. The molecule has 2 rings (SSSR count). The van der Waals surface area contributed by atoms with E-state index in [-0.39, 0.29) is 17.7 Å². The second-order valence-electron chi connectivity index (χ2n) is 4.23. The van der Waals surface area contributed by atoms with Crippen LogP contribution in [0.25, 0.3) is 0 Å². The number of carbonyl (C=O) groups is 3. The van der Waals surface area contributed by atoms with Crippen molar-refractivity contribution in [3.05, 3.63) is 34.3 Å². The minimum absolute atomic E-state index is 0.229. The Kier molecular flexibility index (Phi) is 4.36. The summed E-state index contributed by atoms with van der Waals surface area (Å²) < 4.78 is 4.79. The summed E-state index contributed by atoms with van der Waals surface area (Å²) >= 11 is 5.80. The van der Waals surface area contributed by atoms with E-state index in [1.54, 1.807) is 0 Å². The van der Waals surface area contributed by atoms with Crippen LogP contribution < -0.4 is 5.32 Å². The maximum Gasteiger partial charge on any atom is 0.262 e. The van der Waals surface area contributed by atoms with E-state index in [0.717, 1.165) is 4.90 Å². The van der Waals surface area contributed by atoms with E-state index in [1.165, 1.54) is 25.3 Å². The summed E-state index contributed by atoms with van der Waals surface area (Å²) in [7, 11) is 1.51. The zero-order chi connectivity index (χ0) is 14.7. The number of hydrogen-bond acceptors (Lipinski definition) is 4. The molecule has 1 aromatic rings. The lowest BCUT2D eigenvalue weighted by Gasteiger charge is -2.13. The number of nitrogens with one attached hydrogen (secondary N) is 1. The van der Waals surface area contributed by atoms with Gasteiger partial charge in [-0.1, -0.05) is 11.6 Å². The van der Waals surface area contributed by atoms with E-state index in [0.29, 0.717) is 18.2 Å². The minimum atomic E-state index is -0.505. The molecule has 0 unspecified atom stereocenters. The number of hydrogen-bond donors (Lipinski definition) is 1. The lowest BCUT2D eigenvalue weighted by molar-refractivity contribution is -0.121. The van der Waals surface area contributed by atoms with Crippen LogP contribution in [0.4, 0.5) is 0 Å². The zero-order valence-corrected chi connectivity index (χ0v) is 11.6. The molecule has 0 atom stereocenters. The molecule has 1 N–H and O–H groups in total. The highest BCUT2D eigenvalue weighted by atomic mass is 35.5. The Morgan fingerprint density at radius 3 is 2.70 bits per heavy atom. The molecule has 7 heteroatoms. The quantitative estimate of drug-likeness (QED) is 0.641. The first-order chi connectivity index (χ1) is 9.54. The predicted molar refractivity (Wildman–Crippen MR) is 71.7 cm³/mol. The average molecular weight is 297 g/mol. The lowest BCUT2D eigenvalue weighted by atomic mass is 10.1. The Bertz CT molecular complexity index is 573. The first-order valence-corrected chi connectivity index (χ1v) is 6.33. The fourth-order valence-electron chi connectivity index (χ4n) is 1.90. The number of benzene rings is 1. The van der Waals surface area contributed by atoms with Gasteiger partial charge in [-0.15, -0.1) is 0 Å². The number of amides is 3. The average Bonchev–Trinajstić information content (AvgIpc) is 2.64. The zero-order valence-electron chi connectivity index (χ0n) is 10.8. The van der Waals surface area contributed by atoms with Gasteiger partial charge in [-0.05, 0) is 18.2 Å². The van der Waals surface area contributed by atoms with Crippen molar-refractivity contribution in [3.8, 4) is 0 Å². The summed E-state index contributed by atoms with van der Waals surface area (Å²) in [6.07, 6.45) is 0. The summed E-state index contributed by atoms with van der Waals surface area (Å²) in [5.74, 6) is -1.40. The highest BCUT2D eigenvalue weighted by molar-refractivity contribution is 6.32. The number of methoxy groups -OCH3 is 1. The summed E-state index contributed by atoms with van der Waals surface area (Å²) in [5, 5.41) is 2.93. The number of carbonyl (C=O) groups excluding carboxylic acids is 3. The molecule has 0 radical (unpaired) electrons. The Hall–Kier alpha value is -1.92. The molecule has 1 aliphatic rings. The van der Waals surface area contributed by atoms with Crippen LogP contribution in [0.1, 0.15) is 20.7 Å². The highest BCUT2D eigenvalue weighted by Gasteiger charge is 2.36. The molecule has 3 amide bonds. The fourth-order valence-corrected chi connectivity index (χ4v) is 2.07. The molecular formula is C13H13ClN2O4. The first kappa shape index (κ1) is 14.5. The van der Waals surface area contributed by atoms with Crippen molar-refractivity contribution in [1.29, 1.82) is 0 Å². The van der Waals surface area contributed by atoms with Gasteiger partial charge in [-0.3, -0.25) is 19.3 Å². The van der Waals surface area contributed by atoms with Crippen molar-refractivity contribution < 1.29 is 19.1 Å². The summed E-state index contributed by atoms with van der Waals surface area (Å²) in [6.45, 7) is 0.376. The van der Waals surface area contributed by atoms with Gasteiger partial charge in [0.25, 0.3) is 11.8 Å². The van der Waals surface area contributed by atoms with Crippen molar-refractivity contribution in [3.63, 3.8) is 0 Å². The first-order valence-electron chi connectivity index (χ1n) is 5.96. The Labute approximate surface area is 120 Å². The molecular weight excluding hydrogens is 284 g/mol. The Morgan fingerprint density at radius 1 is 1.30 bits per heavy atom. The SMILES string of the molecule is COCCNC(=O)CN1C(=O)c2ccc(Cl)cc2C1=O. The van der Waals surface area contributed by atoms with Crippen molar-refractivity contribution in [1.82, 2.24) is 10.2 Å². The van der Waals surface area contributed by atoms with Gasteiger partial charge in [0.1, 0.15) is 6.54 Å². The van der Waals surface area contributed by atoms with Crippen molar-refractivity contribution in [2.24, 2.45) is 0 Å². The van der Waals surface area contributed by atoms with E-state index in [1.807, 2.05) is 0 Å². The molecule has 0 saturated heterocycles. The van der Waals surface area contributed by atoms with Gasteiger partial charge in [0.15, 0.2) is 0 Å². The van der Waals surface area contributed by atoms with Crippen LogP contribution >= 0.6 is 11.6 Å². The third-order valence-electron chi connectivity index (χ3n) is 2.86. The molecule has 0 aliphatic carbocycles. The molecule has 0 bridgehead atoms. The van der Waals surface area contributed by atoms with Gasteiger partial charge in [0.05, 0.1) is 17.7 Å². The number of rotatable bonds is 5. The van der Waals surface area contributed by atoms with Crippen LogP contribution in [0.15, 0.2) is 18.2 Å². The number of halogens is 1. The number of imide groups is 1. The van der Waals surface area contributed by atoms with Gasteiger partial charge < -0.3 is 10.1 Å². The molecule has 0 spiro atoms. The maximum atomic E-state index is 12.1. The summed E-state index contributed by atoms with van der Waals surface area (Å²) in [5.41, 5.74) is 0.497. The second kappa shape index (κ2) is 6.02. The van der Waals surface area contributed by atoms with Crippen molar-refractivity contribution >= 4 is 29.3 Å². The third-order valence-corrected chi connectivity index (χ3v) is 3.10. The number of ether oxygens (including phenoxy) is 1. The van der Waals surface area contributed by atoms with Crippen LogP contribution in [0, 0.1) is 0 Å². The molecule has 1 aliphatic heterocycles. The minimum Gasteiger partial charge on any atom is -0.383 e. The van der Waals surface area contributed by atoms with E-state index in [4.69, 9.17) is 16.3 Å². The maximum absolute atomic E-state index is 12.1. The van der Waals surface area contributed by atoms with Gasteiger partial charge >= 0.3 is 0 Å². The van der Waals surface area contributed by atoms with Crippen LogP contribution in [0.5, 0.6) is 0 Å². The summed E-state index contributed by atoms with van der Waals surface area (Å²) in [4.78, 5) is 36.7. The van der Waals surface area contributed by atoms with Crippen molar-refractivity contribution in [2.75, 3.05) is 26.8 Å². The summed E-state index contributed by atoms with van der Waals surface area (Å²) in [6, 6.07) is 4.45. The Balaban J connectivity index is 2.07. The van der Waals surface area contributed by atoms with Crippen LogP contribution in [0.2, 0.25) is 5.02 Å². The molecule has 106 valence electrons. The van der Waals surface area contributed by atoms with Crippen LogP contribution in [-0.2, 0) is 9.53 Å². The molecule has 1 aromatic carbocycles. The van der Waals surface area contributed by atoms with Crippen molar-refractivity contribution in [2.45, 2.75) is 0 Å². The van der Waals surface area contributed by atoms with Gasteiger partial charge in [-0.25, -0.2) is 0 Å². The second-order valence-corrected chi connectivity index (χ2v) is 4.67. The largest absolute Gasteiger partial charge is 0.383 e. The standard InChI is InChI=1S/C13H13ClN2O4/c1-20-5-4-15-11(17)7-16-12(18)9-3-2-8(14)6-10(9)13(16)19/h2-3,6H,4-5,7H2,1H3,(H,15,17). The van der Waals surface area contributed by atoms with E-state index < -0.39 is 17.7 Å². The van der Waals surface area contributed by atoms with Gasteiger partial charge in [0.2, 0.25) is 5.91 Å². The molecule has 6 nitrogen and oxygen atoms in total. The smallest absolute Gasteiger partial charge is 0.262 e. The van der Waals surface area contributed by atoms with E-state index in [2.05, 4.69) is 5.32 Å². The topological polar surface area (TPSA) is 75.7 Å². The molecule has 20 heavy (non-hydrogen) atoms. The number of nitrogens with zero attached hydrogens (tertiary/aromatic N) is 1. The van der Waals surface area contributed by atoms with Gasteiger partial charge in [-0.2, -0.15) is 0 Å². The molecule has 0 fully saturated rings. The number of fused-ring (bicyclic) bond motifs is 1. The van der Waals surface area contributed by atoms with E-state index in [9.17, 15) is 14.4 Å². The predicted octanol–water partition coefficient (Wildman–Crippen LogP) is 0.699.